The summed E-state index contributed by atoms with van der Waals surface area (Å²) in [6.45, 7) is 5.93. The first-order valence-electron chi connectivity index (χ1n) is 12.0. The number of nitrogens with two attached hydrogens (primary N) is 1. The Morgan fingerprint density at radius 1 is 1.09 bits per heavy atom. The number of ether oxygens (including phenoxy) is 1. The molecule has 0 spiro atoms. The molecule has 2 fully saturated rings. The Morgan fingerprint density at radius 2 is 1.82 bits per heavy atom. The number of amides is 1. The maximum Gasteiger partial charge on any atom is 0.219 e. The second-order valence-electron chi connectivity index (χ2n) is 9.12. The fourth-order valence-corrected chi connectivity index (χ4v) is 4.81. The Hall–Kier alpha value is -3.39. The lowest BCUT2D eigenvalue weighted by Gasteiger charge is -2.35. The number of hydrogen-bond acceptors (Lipinski definition) is 7. The Morgan fingerprint density at radius 3 is 2.44 bits per heavy atom. The van der Waals surface area contributed by atoms with Crippen molar-refractivity contribution in [3.63, 3.8) is 0 Å². The molecule has 1 saturated carbocycles. The van der Waals surface area contributed by atoms with E-state index in [9.17, 15) is 4.79 Å². The van der Waals surface area contributed by atoms with E-state index in [4.69, 9.17) is 20.4 Å². The van der Waals surface area contributed by atoms with Gasteiger partial charge in [-0.3, -0.25) is 4.79 Å². The van der Waals surface area contributed by atoms with Crippen LogP contribution in [0.15, 0.2) is 42.5 Å². The highest BCUT2D eigenvalue weighted by molar-refractivity contribution is 5.91. The average Bonchev–Trinajstić information content (AvgIpc) is 3.69. The molecule has 0 bridgehead atoms. The number of hydrogen-bond donors (Lipinski definition) is 2. The summed E-state index contributed by atoms with van der Waals surface area (Å²) in [5, 5.41) is 4.41. The lowest BCUT2D eigenvalue weighted by atomic mass is 9.94. The van der Waals surface area contributed by atoms with Gasteiger partial charge in [0.1, 0.15) is 17.4 Å². The molecule has 8 nitrogen and oxygen atoms in total. The van der Waals surface area contributed by atoms with Crippen LogP contribution in [0, 0.1) is 0 Å². The van der Waals surface area contributed by atoms with Gasteiger partial charge in [0.15, 0.2) is 0 Å². The van der Waals surface area contributed by atoms with Crippen LogP contribution in [0.4, 0.5) is 11.5 Å². The molecule has 1 amide bonds. The van der Waals surface area contributed by atoms with Crippen LogP contribution in [0.3, 0.4) is 0 Å². The molecule has 1 aromatic heterocycles. The lowest BCUT2D eigenvalue weighted by molar-refractivity contribution is -0.129. The smallest absolute Gasteiger partial charge is 0.219 e. The second kappa shape index (κ2) is 9.10. The third kappa shape index (κ3) is 4.14. The van der Waals surface area contributed by atoms with Gasteiger partial charge in [-0.2, -0.15) is 0 Å². The molecule has 1 aliphatic carbocycles. The Balaban J connectivity index is 1.51. The molecule has 0 radical (unpaired) electrons. The van der Waals surface area contributed by atoms with Crippen LogP contribution in [0.2, 0.25) is 0 Å². The van der Waals surface area contributed by atoms with Crippen molar-refractivity contribution in [2.75, 3.05) is 56.6 Å². The number of nitrogens with zero attached hydrogens (tertiary/aromatic N) is 4. The molecule has 2 aromatic carbocycles. The number of nitrogens with one attached hydrogen (secondary N) is 1. The van der Waals surface area contributed by atoms with Crippen LogP contribution in [0.25, 0.3) is 10.9 Å². The topological polar surface area (TPSA) is 96.6 Å². The average molecular weight is 461 g/mol. The van der Waals surface area contributed by atoms with E-state index in [1.165, 1.54) is 5.56 Å². The summed E-state index contributed by atoms with van der Waals surface area (Å²) in [5.74, 6) is 2.67. The number of aromatic nitrogens is 2. The van der Waals surface area contributed by atoms with Crippen molar-refractivity contribution >= 4 is 28.3 Å². The molecular formula is C26H32N6O2. The molecule has 0 atom stereocenters. The molecule has 1 aliphatic heterocycles. The van der Waals surface area contributed by atoms with E-state index in [1.807, 2.05) is 17.0 Å². The van der Waals surface area contributed by atoms with Crippen molar-refractivity contribution in [2.45, 2.75) is 25.2 Å². The van der Waals surface area contributed by atoms with Crippen molar-refractivity contribution in [1.29, 1.82) is 0 Å². The van der Waals surface area contributed by atoms with Crippen molar-refractivity contribution in [3.8, 4) is 5.75 Å². The van der Waals surface area contributed by atoms with Gasteiger partial charge in [-0.05, 0) is 48.7 Å². The highest BCUT2D eigenvalue weighted by Gasteiger charge is 2.49. The first-order valence-corrected chi connectivity index (χ1v) is 12.0. The first kappa shape index (κ1) is 22.4. The molecule has 8 heteroatoms. The highest BCUT2D eigenvalue weighted by atomic mass is 16.5. The molecule has 1 saturated heterocycles. The van der Waals surface area contributed by atoms with Crippen LogP contribution >= 0.6 is 0 Å². The Kier molecular flexibility index (Phi) is 6.00. The predicted molar refractivity (Wildman–Crippen MR) is 135 cm³/mol. The van der Waals surface area contributed by atoms with E-state index in [1.54, 1.807) is 14.0 Å². The molecule has 3 aromatic rings. The minimum Gasteiger partial charge on any atom is -0.497 e. The lowest BCUT2D eigenvalue weighted by Crippen LogP contribution is -2.48. The molecule has 2 aliphatic rings. The number of piperazine rings is 1. The fraction of sp³-hybridized carbons (Fsp3) is 0.423. The van der Waals surface area contributed by atoms with Crippen molar-refractivity contribution in [1.82, 2.24) is 14.9 Å². The number of carbonyl (C=O) groups excluding carboxylic acids is 1. The minimum absolute atomic E-state index is 0.138. The van der Waals surface area contributed by atoms with Crippen molar-refractivity contribution in [3.05, 3.63) is 53.9 Å². The zero-order valence-electron chi connectivity index (χ0n) is 19.9. The monoisotopic (exact) mass is 460 g/mol. The standard InChI is InChI=1S/C26H32N6O2/c1-18(33)31-13-15-32(16-14-31)20-5-8-22-23(17-20)29-25(30-24(22)28-12-11-27)26(9-10-26)19-3-6-21(34-2)7-4-19/h3-8,17H,9-16,27H2,1-2H3,(H,28,29,30). The maximum absolute atomic E-state index is 11.7. The van der Waals surface area contributed by atoms with Crippen LogP contribution in [-0.2, 0) is 10.2 Å². The fourth-order valence-electron chi connectivity index (χ4n) is 4.81. The number of rotatable bonds is 7. The molecule has 178 valence electrons. The molecule has 34 heavy (non-hydrogen) atoms. The van der Waals surface area contributed by atoms with E-state index in [-0.39, 0.29) is 11.3 Å². The van der Waals surface area contributed by atoms with Gasteiger partial charge in [-0.25, -0.2) is 9.97 Å². The molecule has 3 N–H and O–H groups in total. The molecular weight excluding hydrogens is 428 g/mol. The molecule has 2 heterocycles. The van der Waals surface area contributed by atoms with E-state index in [2.05, 4.69) is 40.5 Å². The van der Waals surface area contributed by atoms with Gasteiger partial charge in [0, 0.05) is 57.3 Å². The minimum atomic E-state index is -0.164. The van der Waals surface area contributed by atoms with Crippen LogP contribution in [0.1, 0.15) is 31.2 Å². The highest BCUT2D eigenvalue weighted by Crippen LogP contribution is 2.53. The zero-order chi connectivity index (χ0) is 23.7. The number of fused-ring (bicyclic) bond motifs is 1. The van der Waals surface area contributed by atoms with Crippen LogP contribution < -0.4 is 20.7 Å². The summed E-state index contributed by atoms with van der Waals surface area (Å²) in [5.41, 5.74) is 8.88. The Bertz CT molecular complexity index is 1180. The Labute approximate surface area is 200 Å². The predicted octanol–water partition coefficient (Wildman–Crippen LogP) is 2.76. The molecule has 5 rings (SSSR count). The maximum atomic E-state index is 11.7. The van der Waals surface area contributed by atoms with E-state index < -0.39 is 0 Å². The van der Waals surface area contributed by atoms with E-state index in [0.29, 0.717) is 13.1 Å². The van der Waals surface area contributed by atoms with E-state index >= 15 is 0 Å². The first-order chi connectivity index (χ1) is 16.5. The largest absolute Gasteiger partial charge is 0.497 e. The van der Waals surface area contributed by atoms with Gasteiger partial charge in [-0.1, -0.05) is 12.1 Å². The zero-order valence-corrected chi connectivity index (χ0v) is 19.9. The SMILES string of the molecule is COc1ccc(C2(c3nc(NCCN)c4ccc(N5CCN(C(C)=O)CC5)cc4n3)CC2)cc1. The van der Waals surface area contributed by atoms with E-state index in [0.717, 1.165) is 73.0 Å². The van der Waals surface area contributed by atoms with Crippen LogP contribution in [-0.4, -0.2) is 67.2 Å². The van der Waals surface area contributed by atoms with Gasteiger partial charge >= 0.3 is 0 Å². The number of benzene rings is 2. The number of methoxy groups -OCH3 is 1. The third-order valence-electron chi connectivity index (χ3n) is 7.03. The van der Waals surface area contributed by atoms with Crippen LogP contribution in [0.5, 0.6) is 5.75 Å². The summed E-state index contributed by atoms with van der Waals surface area (Å²) in [6, 6.07) is 14.6. The molecule has 0 unspecified atom stereocenters. The summed E-state index contributed by atoms with van der Waals surface area (Å²) in [6.07, 6.45) is 2.04. The number of anilines is 2. The second-order valence-corrected chi connectivity index (χ2v) is 9.12. The summed E-state index contributed by atoms with van der Waals surface area (Å²) < 4.78 is 5.34. The van der Waals surface area contributed by atoms with Gasteiger partial charge in [-0.15, -0.1) is 0 Å². The van der Waals surface area contributed by atoms with Crippen molar-refractivity contribution < 1.29 is 9.53 Å². The summed E-state index contributed by atoms with van der Waals surface area (Å²) in [7, 11) is 1.68. The summed E-state index contributed by atoms with van der Waals surface area (Å²) >= 11 is 0. The number of carbonyl (C=O) groups is 1. The van der Waals surface area contributed by atoms with Gasteiger partial charge < -0.3 is 25.6 Å². The summed E-state index contributed by atoms with van der Waals surface area (Å²) in [4.78, 5) is 26.0. The van der Waals surface area contributed by atoms with Crippen molar-refractivity contribution in [2.24, 2.45) is 5.73 Å². The van der Waals surface area contributed by atoms with Gasteiger partial charge in [0.2, 0.25) is 5.91 Å². The third-order valence-corrected chi connectivity index (χ3v) is 7.03. The van der Waals surface area contributed by atoms with Gasteiger partial charge in [0.25, 0.3) is 0 Å². The normalized spacial score (nSPS) is 17.0. The van der Waals surface area contributed by atoms with Gasteiger partial charge in [0.05, 0.1) is 18.0 Å². The quantitative estimate of drug-likeness (QED) is 0.560.